The lowest BCUT2D eigenvalue weighted by Crippen LogP contribution is -2.07. The third-order valence-corrected chi connectivity index (χ3v) is 2.89. The van der Waals surface area contributed by atoms with E-state index < -0.39 is 0 Å². The fraction of sp³-hybridized carbons (Fsp3) is 0.500. The average Bonchev–Trinajstić information content (AvgIpc) is 2.99. The number of esters is 1. The van der Waals surface area contributed by atoms with Crippen LogP contribution in [-0.2, 0) is 9.53 Å². The molecule has 1 aliphatic carbocycles. The predicted octanol–water partition coefficient (Wildman–Crippen LogP) is 3.30. The van der Waals surface area contributed by atoms with Gasteiger partial charge in [-0.3, -0.25) is 4.79 Å². The Morgan fingerprint density at radius 3 is 2.56 bits per heavy atom. The molecule has 0 heterocycles. The van der Waals surface area contributed by atoms with Crippen molar-refractivity contribution in [2.75, 3.05) is 6.61 Å². The van der Waals surface area contributed by atoms with Crippen molar-refractivity contribution in [1.82, 2.24) is 0 Å². The maximum Gasteiger partial charge on any atom is 0.309 e. The molecule has 0 aliphatic heterocycles. The molecule has 1 aliphatic rings. The molecule has 16 heavy (non-hydrogen) atoms. The van der Waals surface area contributed by atoms with Gasteiger partial charge in [-0.1, -0.05) is 37.3 Å². The zero-order valence-corrected chi connectivity index (χ0v) is 9.19. The standard InChI is InChI=1S/C13H16O2.CH4/c1-3-15-13(14)12-8-11(12)10-6-4-9(2)5-7-10;/h4-7,11-12H,3,8H2,1-2H3;1H4. The highest BCUT2D eigenvalue weighted by molar-refractivity contribution is 5.77. The summed E-state index contributed by atoms with van der Waals surface area (Å²) in [7, 11) is 0. The third kappa shape index (κ3) is 2.63. The molecule has 0 aromatic heterocycles. The van der Waals surface area contributed by atoms with Crippen molar-refractivity contribution < 1.29 is 9.53 Å². The lowest BCUT2D eigenvalue weighted by Gasteiger charge is -2.01. The fourth-order valence-corrected chi connectivity index (χ4v) is 1.89. The van der Waals surface area contributed by atoms with Crippen LogP contribution in [0.3, 0.4) is 0 Å². The van der Waals surface area contributed by atoms with Gasteiger partial charge in [0, 0.05) is 0 Å². The van der Waals surface area contributed by atoms with Gasteiger partial charge in [0.05, 0.1) is 12.5 Å². The number of benzene rings is 1. The van der Waals surface area contributed by atoms with Crippen LogP contribution < -0.4 is 0 Å². The second-order valence-corrected chi connectivity index (χ2v) is 4.11. The molecule has 1 aromatic rings. The van der Waals surface area contributed by atoms with Crippen LogP contribution in [0.25, 0.3) is 0 Å². The minimum Gasteiger partial charge on any atom is -0.466 e. The van der Waals surface area contributed by atoms with E-state index in [0.29, 0.717) is 12.5 Å². The molecule has 0 N–H and O–H groups in total. The molecule has 2 atom stereocenters. The number of rotatable bonds is 3. The van der Waals surface area contributed by atoms with Gasteiger partial charge >= 0.3 is 5.97 Å². The van der Waals surface area contributed by atoms with Gasteiger partial charge in [-0.05, 0) is 31.7 Å². The topological polar surface area (TPSA) is 26.3 Å². The minimum atomic E-state index is -0.0388. The molecule has 1 fully saturated rings. The van der Waals surface area contributed by atoms with Crippen molar-refractivity contribution in [2.45, 2.75) is 33.6 Å². The summed E-state index contributed by atoms with van der Waals surface area (Å²) in [6, 6.07) is 8.41. The molecule has 0 spiro atoms. The Bertz CT molecular complexity index is 354. The van der Waals surface area contributed by atoms with Crippen molar-refractivity contribution in [3.8, 4) is 0 Å². The first-order valence-corrected chi connectivity index (χ1v) is 5.45. The molecule has 1 saturated carbocycles. The summed E-state index contributed by atoms with van der Waals surface area (Å²) in [5.41, 5.74) is 2.52. The number of aryl methyl sites for hydroxylation is 1. The summed E-state index contributed by atoms with van der Waals surface area (Å²) in [5.74, 6) is 0.459. The van der Waals surface area contributed by atoms with Crippen LogP contribution >= 0.6 is 0 Å². The van der Waals surface area contributed by atoms with E-state index in [9.17, 15) is 4.79 Å². The molecule has 2 heteroatoms. The van der Waals surface area contributed by atoms with Crippen LogP contribution in [0.1, 0.15) is 37.8 Å². The molecule has 2 nitrogen and oxygen atoms in total. The maximum absolute atomic E-state index is 11.4. The quantitative estimate of drug-likeness (QED) is 0.731. The highest BCUT2D eigenvalue weighted by atomic mass is 16.5. The summed E-state index contributed by atoms with van der Waals surface area (Å²) in [6.07, 6.45) is 0.946. The monoisotopic (exact) mass is 220 g/mol. The molecule has 88 valence electrons. The summed E-state index contributed by atoms with van der Waals surface area (Å²) in [4.78, 5) is 11.4. The van der Waals surface area contributed by atoms with Gasteiger partial charge in [-0.25, -0.2) is 0 Å². The Morgan fingerprint density at radius 2 is 2.00 bits per heavy atom. The number of hydrogen-bond acceptors (Lipinski definition) is 2. The first-order chi connectivity index (χ1) is 7.22. The molecule has 0 bridgehead atoms. The molecular formula is C14H20O2. The van der Waals surface area contributed by atoms with Crippen molar-refractivity contribution in [2.24, 2.45) is 5.92 Å². The minimum absolute atomic E-state index is 0. The molecule has 1 aromatic carbocycles. The summed E-state index contributed by atoms with van der Waals surface area (Å²) in [5, 5.41) is 0. The predicted molar refractivity (Wildman–Crippen MR) is 65.4 cm³/mol. The van der Waals surface area contributed by atoms with E-state index >= 15 is 0 Å². The highest BCUT2D eigenvalue weighted by Gasteiger charge is 2.44. The number of ether oxygens (including phenoxy) is 1. The number of hydrogen-bond donors (Lipinski definition) is 0. The molecule has 2 unspecified atom stereocenters. The van der Waals surface area contributed by atoms with Gasteiger partial charge in [0.25, 0.3) is 0 Å². The van der Waals surface area contributed by atoms with E-state index in [4.69, 9.17) is 4.74 Å². The normalized spacial score (nSPS) is 22.1. The fourth-order valence-electron chi connectivity index (χ4n) is 1.89. The van der Waals surface area contributed by atoms with Crippen LogP contribution in [0, 0.1) is 12.8 Å². The van der Waals surface area contributed by atoms with Crippen LogP contribution in [0.5, 0.6) is 0 Å². The van der Waals surface area contributed by atoms with Crippen LogP contribution in [0.2, 0.25) is 0 Å². The van der Waals surface area contributed by atoms with Crippen LogP contribution in [0.15, 0.2) is 24.3 Å². The Balaban J connectivity index is 0.00000128. The van der Waals surface area contributed by atoms with Gasteiger partial charge < -0.3 is 4.74 Å². The Kier molecular flexibility index (Phi) is 4.11. The summed E-state index contributed by atoms with van der Waals surface area (Å²) in [6.45, 7) is 4.40. The third-order valence-electron chi connectivity index (χ3n) is 2.89. The van der Waals surface area contributed by atoms with E-state index in [-0.39, 0.29) is 19.3 Å². The second-order valence-electron chi connectivity index (χ2n) is 4.11. The van der Waals surface area contributed by atoms with Crippen molar-refractivity contribution in [3.05, 3.63) is 35.4 Å². The lowest BCUT2D eigenvalue weighted by atomic mass is 10.1. The smallest absolute Gasteiger partial charge is 0.309 e. The van der Waals surface area contributed by atoms with Crippen molar-refractivity contribution >= 4 is 5.97 Å². The van der Waals surface area contributed by atoms with Gasteiger partial charge in [-0.2, -0.15) is 0 Å². The molecular weight excluding hydrogens is 200 g/mol. The van der Waals surface area contributed by atoms with E-state index in [1.807, 2.05) is 6.92 Å². The van der Waals surface area contributed by atoms with Crippen molar-refractivity contribution in [1.29, 1.82) is 0 Å². The average molecular weight is 220 g/mol. The van der Waals surface area contributed by atoms with Gasteiger partial charge in [0.2, 0.25) is 0 Å². The largest absolute Gasteiger partial charge is 0.466 e. The highest BCUT2D eigenvalue weighted by Crippen LogP contribution is 2.48. The van der Waals surface area contributed by atoms with E-state index in [1.165, 1.54) is 11.1 Å². The first kappa shape index (κ1) is 12.8. The molecule has 0 radical (unpaired) electrons. The lowest BCUT2D eigenvalue weighted by molar-refractivity contribution is -0.144. The van der Waals surface area contributed by atoms with Crippen LogP contribution in [0.4, 0.5) is 0 Å². The molecule has 2 rings (SSSR count). The summed E-state index contributed by atoms with van der Waals surface area (Å²) < 4.78 is 5.00. The van der Waals surface area contributed by atoms with E-state index in [0.717, 1.165) is 6.42 Å². The second kappa shape index (κ2) is 5.15. The number of carbonyl (C=O) groups excluding carboxylic acids is 1. The maximum atomic E-state index is 11.4. The molecule has 0 amide bonds. The van der Waals surface area contributed by atoms with Crippen molar-refractivity contribution in [3.63, 3.8) is 0 Å². The van der Waals surface area contributed by atoms with E-state index in [2.05, 4.69) is 31.2 Å². The zero-order chi connectivity index (χ0) is 10.8. The van der Waals surface area contributed by atoms with Crippen LogP contribution in [-0.4, -0.2) is 12.6 Å². The van der Waals surface area contributed by atoms with Gasteiger partial charge in [-0.15, -0.1) is 0 Å². The zero-order valence-electron chi connectivity index (χ0n) is 9.19. The Labute approximate surface area is 97.6 Å². The summed E-state index contributed by atoms with van der Waals surface area (Å²) >= 11 is 0. The SMILES string of the molecule is C.CCOC(=O)C1CC1c1ccc(C)cc1. The molecule has 0 saturated heterocycles. The Morgan fingerprint density at radius 1 is 1.38 bits per heavy atom. The first-order valence-electron chi connectivity index (χ1n) is 5.45. The van der Waals surface area contributed by atoms with Gasteiger partial charge in [0.15, 0.2) is 0 Å². The van der Waals surface area contributed by atoms with Gasteiger partial charge in [0.1, 0.15) is 0 Å². The van der Waals surface area contributed by atoms with E-state index in [1.54, 1.807) is 0 Å². The Hall–Kier alpha value is -1.31. The number of carbonyl (C=O) groups is 1.